The first-order valence-corrected chi connectivity index (χ1v) is 5.61. The molecule has 6 nitrogen and oxygen atoms in total. The fraction of sp³-hybridized carbons (Fsp3) is 0.154. The van der Waals surface area contributed by atoms with Crippen LogP contribution >= 0.6 is 0 Å². The number of carboxylic acids is 1. The minimum Gasteiger partial charge on any atom is -0.478 e. The second-order valence-electron chi connectivity index (χ2n) is 4.15. The Morgan fingerprint density at radius 2 is 2.11 bits per heavy atom. The molecule has 2 aromatic rings. The molecule has 0 atom stereocenters. The Labute approximate surface area is 109 Å². The number of rotatable bonds is 3. The van der Waals surface area contributed by atoms with Gasteiger partial charge in [0, 0.05) is 7.05 Å². The van der Waals surface area contributed by atoms with Crippen LogP contribution in [0.25, 0.3) is 0 Å². The number of nitrogens with zero attached hydrogens (tertiary/aromatic N) is 2. The van der Waals surface area contributed by atoms with E-state index in [0.717, 1.165) is 0 Å². The fourth-order valence-corrected chi connectivity index (χ4v) is 1.82. The van der Waals surface area contributed by atoms with Crippen molar-refractivity contribution in [2.24, 2.45) is 7.05 Å². The van der Waals surface area contributed by atoms with Crippen molar-refractivity contribution in [2.75, 3.05) is 5.32 Å². The molecule has 98 valence electrons. The number of imidazole rings is 1. The van der Waals surface area contributed by atoms with Crippen molar-refractivity contribution < 1.29 is 14.7 Å². The standard InChI is InChI=1S/C13H13N3O3/c1-8-4-3-5-9(11(8)13(18)19)15-12(17)10-6-14-7-16(10)2/h3-7H,1-2H3,(H,15,17)(H,18,19). The zero-order valence-corrected chi connectivity index (χ0v) is 10.5. The number of carboxylic acid groups (broad SMARTS) is 1. The predicted molar refractivity (Wildman–Crippen MR) is 69.3 cm³/mol. The topological polar surface area (TPSA) is 84.2 Å². The maximum atomic E-state index is 12.0. The number of amides is 1. The van der Waals surface area contributed by atoms with E-state index in [0.29, 0.717) is 11.3 Å². The van der Waals surface area contributed by atoms with Crippen molar-refractivity contribution in [1.82, 2.24) is 9.55 Å². The second kappa shape index (κ2) is 4.93. The third kappa shape index (κ3) is 2.47. The summed E-state index contributed by atoms with van der Waals surface area (Å²) in [5.74, 6) is -1.47. The lowest BCUT2D eigenvalue weighted by atomic mass is 10.1. The quantitative estimate of drug-likeness (QED) is 0.878. The number of anilines is 1. The van der Waals surface area contributed by atoms with Crippen LogP contribution in [0.1, 0.15) is 26.4 Å². The third-order valence-electron chi connectivity index (χ3n) is 2.78. The van der Waals surface area contributed by atoms with E-state index in [4.69, 9.17) is 0 Å². The molecule has 1 heterocycles. The molecule has 0 saturated heterocycles. The number of hydrogen-bond donors (Lipinski definition) is 2. The van der Waals surface area contributed by atoms with Gasteiger partial charge >= 0.3 is 5.97 Å². The number of aromatic carboxylic acids is 1. The summed E-state index contributed by atoms with van der Waals surface area (Å²) < 4.78 is 1.56. The van der Waals surface area contributed by atoms with Gasteiger partial charge in [-0.15, -0.1) is 0 Å². The van der Waals surface area contributed by atoms with Crippen molar-refractivity contribution >= 4 is 17.6 Å². The van der Waals surface area contributed by atoms with Crippen molar-refractivity contribution in [3.05, 3.63) is 47.5 Å². The first kappa shape index (κ1) is 12.8. The molecule has 0 aliphatic carbocycles. The monoisotopic (exact) mass is 259 g/mol. The highest BCUT2D eigenvalue weighted by atomic mass is 16.4. The van der Waals surface area contributed by atoms with Gasteiger partial charge in [0.1, 0.15) is 5.69 Å². The van der Waals surface area contributed by atoms with E-state index in [1.165, 1.54) is 12.5 Å². The van der Waals surface area contributed by atoms with Crippen LogP contribution in [-0.4, -0.2) is 26.5 Å². The molecule has 2 rings (SSSR count). The van der Waals surface area contributed by atoms with Crippen LogP contribution in [0.3, 0.4) is 0 Å². The highest BCUT2D eigenvalue weighted by Crippen LogP contribution is 2.20. The SMILES string of the molecule is Cc1cccc(NC(=O)c2cncn2C)c1C(=O)O. The molecule has 0 aliphatic rings. The van der Waals surface area contributed by atoms with E-state index >= 15 is 0 Å². The molecule has 0 radical (unpaired) electrons. The normalized spacial score (nSPS) is 10.2. The lowest BCUT2D eigenvalue weighted by Gasteiger charge is -2.10. The smallest absolute Gasteiger partial charge is 0.338 e. The van der Waals surface area contributed by atoms with Crippen LogP contribution in [-0.2, 0) is 7.05 Å². The van der Waals surface area contributed by atoms with Gasteiger partial charge in [0.2, 0.25) is 0 Å². The summed E-state index contributed by atoms with van der Waals surface area (Å²) in [6, 6.07) is 4.94. The summed E-state index contributed by atoms with van der Waals surface area (Å²) in [7, 11) is 1.69. The van der Waals surface area contributed by atoms with Gasteiger partial charge in [-0.1, -0.05) is 12.1 Å². The zero-order valence-electron chi connectivity index (χ0n) is 10.5. The van der Waals surface area contributed by atoms with E-state index in [1.807, 2.05) is 0 Å². The van der Waals surface area contributed by atoms with Gasteiger partial charge in [-0.05, 0) is 18.6 Å². The summed E-state index contributed by atoms with van der Waals surface area (Å²) in [6.45, 7) is 1.68. The molecule has 0 unspecified atom stereocenters. The largest absolute Gasteiger partial charge is 0.478 e. The van der Waals surface area contributed by atoms with Crippen LogP contribution in [0.15, 0.2) is 30.7 Å². The molecule has 0 saturated carbocycles. The number of nitrogens with one attached hydrogen (secondary N) is 1. The average molecular weight is 259 g/mol. The maximum Gasteiger partial charge on any atom is 0.338 e. The van der Waals surface area contributed by atoms with E-state index in [9.17, 15) is 14.7 Å². The third-order valence-corrected chi connectivity index (χ3v) is 2.78. The summed E-state index contributed by atoms with van der Waals surface area (Å²) >= 11 is 0. The Balaban J connectivity index is 2.35. The maximum absolute atomic E-state index is 12.0. The molecule has 0 fully saturated rings. The Bertz CT molecular complexity index is 646. The molecule has 0 bridgehead atoms. The number of aryl methyl sites for hydroxylation is 2. The van der Waals surface area contributed by atoms with Crippen LogP contribution in [0, 0.1) is 6.92 Å². The number of carbonyl (C=O) groups is 2. The van der Waals surface area contributed by atoms with Gasteiger partial charge in [0.25, 0.3) is 5.91 Å². The van der Waals surface area contributed by atoms with Gasteiger partial charge in [0.15, 0.2) is 0 Å². The number of hydrogen-bond acceptors (Lipinski definition) is 3. The summed E-state index contributed by atoms with van der Waals surface area (Å²) in [6.07, 6.45) is 2.93. The van der Waals surface area contributed by atoms with E-state index in [2.05, 4.69) is 10.3 Å². The minimum absolute atomic E-state index is 0.0954. The summed E-state index contributed by atoms with van der Waals surface area (Å²) in [5, 5.41) is 11.8. The lowest BCUT2D eigenvalue weighted by Crippen LogP contribution is -2.18. The van der Waals surface area contributed by atoms with E-state index in [1.54, 1.807) is 36.7 Å². The zero-order chi connectivity index (χ0) is 14.0. The number of carbonyl (C=O) groups excluding carboxylic acids is 1. The number of benzene rings is 1. The molecule has 0 aliphatic heterocycles. The van der Waals surface area contributed by atoms with Gasteiger partial charge in [-0.2, -0.15) is 0 Å². The van der Waals surface area contributed by atoms with Crippen LogP contribution in [0.4, 0.5) is 5.69 Å². The average Bonchev–Trinajstić information content (AvgIpc) is 2.75. The predicted octanol–water partition coefficient (Wildman–Crippen LogP) is 1.68. The van der Waals surface area contributed by atoms with Crippen molar-refractivity contribution in [3.8, 4) is 0 Å². The highest BCUT2D eigenvalue weighted by molar-refractivity contribution is 6.07. The first-order chi connectivity index (χ1) is 9.00. The molecule has 1 amide bonds. The van der Waals surface area contributed by atoms with Crippen molar-refractivity contribution in [1.29, 1.82) is 0 Å². The molecule has 6 heteroatoms. The number of aromatic nitrogens is 2. The van der Waals surface area contributed by atoms with Gasteiger partial charge < -0.3 is 15.0 Å². The second-order valence-corrected chi connectivity index (χ2v) is 4.15. The van der Waals surface area contributed by atoms with Crippen molar-refractivity contribution in [2.45, 2.75) is 6.92 Å². The minimum atomic E-state index is -1.07. The molecule has 1 aromatic heterocycles. The van der Waals surface area contributed by atoms with Crippen LogP contribution in [0.5, 0.6) is 0 Å². The van der Waals surface area contributed by atoms with Crippen LogP contribution in [0.2, 0.25) is 0 Å². The van der Waals surface area contributed by atoms with Gasteiger partial charge in [0.05, 0.1) is 23.8 Å². The molecule has 0 spiro atoms. The molecule has 19 heavy (non-hydrogen) atoms. The Morgan fingerprint density at radius 1 is 1.37 bits per heavy atom. The molecular formula is C13H13N3O3. The molecule has 1 aromatic carbocycles. The Kier molecular flexibility index (Phi) is 3.33. The Hall–Kier alpha value is -2.63. The summed E-state index contributed by atoms with van der Waals surface area (Å²) in [4.78, 5) is 27.1. The Morgan fingerprint density at radius 3 is 2.68 bits per heavy atom. The lowest BCUT2D eigenvalue weighted by molar-refractivity contribution is 0.0697. The summed E-state index contributed by atoms with van der Waals surface area (Å²) in [5.41, 5.74) is 1.32. The van der Waals surface area contributed by atoms with Crippen LogP contribution < -0.4 is 5.32 Å². The van der Waals surface area contributed by atoms with Gasteiger partial charge in [-0.3, -0.25) is 4.79 Å². The molecule has 2 N–H and O–H groups in total. The van der Waals surface area contributed by atoms with Gasteiger partial charge in [-0.25, -0.2) is 9.78 Å². The highest BCUT2D eigenvalue weighted by Gasteiger charge is 2.16. The first-order valence-electron chi connectivity index (χ1n) is 5.61. The fourth-order valence-electron chi connectivity index (χ4n) is 1.82. The van der Waals surface area contributed by atoms with E-state index < -0.39 is 11.9 Å². The van der Waals surface area contributed by atoms with Crippen molar-refractivity contribution in [3.63, 3.8) is 0 Å². The molecular weight excluding hydrogens is 246 g/mol. The van der Waals surface area contributed by atoms with E-state index in [-0.39, 0.29) is 11.3 Å².